The Bertz CT molecular complexity index is 1070. The Morgan fingerprint density at radius 2 is 1.81 bits per heavy atom. The van der Waals surface area contributed by atoms with Crippen molar-refractivity contribution in [3.63, 3.8) is 0 Å². The number of carbonyl (C=O) groups excluding carboxylic acids is 1. The molecule has 0 saturated carbocycles. The number of anilines is 2. The molecular formula is C20H16F3N3O4S. The predicted octanol–water partition coefficient (Wildman–Crippen LogP) is 4.53. The summed E-state index contributed by atoms with van der Waals surface area (Å²) < 4.78 is 41.5. The Balaban J connectivity index is 1.59. The van der Waals surface area contributed by atoms with Crippen LogP contribution >= 0.6 is 11.3 Å². The van der Waals surface area contributed by atoms with Gasteiger partial charge in [-0.05, 0) is 30.3 Å². The van der Waals surface area contributed by atoms with Crippen molar-refractivity contribution in [3.8, 4) is 5.75 Å². The van der Waals surface area contributed by atoms with Crippen LogP contribution in [0.2, 0.25) is 0 Å². The number of carboxylic acid groups (broad SMARTS) is 1. The third kappa shape index (κ3) is 6.71. The number of nitrogens with one attached hydrogen (secondary N) is 2. The van der Waals surface area contributed by atoms with Crippen molar-refractivity contribution >= 4 is 34.0 Å². The van der Waals surface area contributed by atoms with Crippen LogP contribution in [0.3, 0.4) is 0 Å². The lowest BCUT2D eigenvalue weighted by Crippen LogP contribution is -2.18. The summed E-state index contributed by atoms with van der Waals surface area (Å²) in [5.74, 6) is -1.73. The van der Waals surface area contributed by atoms with E-state index >= 15 is 0 Å². The van der Waals surface area contributed by atoms with Gasteiger partial charge < -0.3 is 15.2 Å². The molecule has 3 aromatic rings. The molecule has 3 rings (SSSR count). The van der Waals surface area contributed by atoms with Crippen LogP contribution in [0.15, 0.2) is 53.9 Å². The average molecular weight is 451 g/mol. The molecule has 1 amide bonds. The van der Waals surface area contributed by atoms with Crippen molar-refractivity contribution in [2.75, 3.05) is 10.6 Å². The van der Waals surface area contributed by atoms with Crippen molar-refractivity contribution in [2.45, 2.75) is 19.3 Å². The number of amides is 1. The standard InChI is InChI=1S/C20H16F3N3O4S/c21-20(22,23)30-16-4-2-1-3-13(16)10-24-14-7-5-12(6-8-14)18(29)26-19-25-15(11-31-19)9-17(27)28/h1-8,11,24H,9-10H2,(H,27,28)(H,25,26,29). The second-order valence-electron chi connectivity index (χ2n) is 6.26. The molecule has 0 aliphatic rings. The second kappa shape index (κ2) is 9.47. The fraction of sp³-hybridized carbons (Fsp3) is 0.150. The first kappa shape index (κ1) is 22.1. The Morgan fingerprint density at radius 3 is 2.48 bits per heavy atom. The second-order valence-corrected chi connectivity index (χ2v) is 7.11. The average Bonchev–Trinajstić information content (AvgIpc) is 3.12. The van der Waals surface area contributed by atoms with Gasteiger partial charge in [-0.3, -0.25) is 14.9 Å². The predicted molar refractivity (Wildman–Crippen MR) is 108 cm³/mol. The summed E-state index contributed by atoms with van der Waals surface area (Å²) in [5.41, 5.74) is 1.60. The zero-order valence-corrected chi connectivity index (χ0v) is 16.6. The first-order valence-corrected chi connectivity index (χ1v) is 9.73. The quantitative estimate of drug-likeness (QED) is 0.465. The minimum absolute atomic E-state index is 0.0866. The van der Waals surface area contributed by atoms with Crippen LogP contribution in [-0.4, -0.2) is 28.3 Å². The van der Waals surface area contributed by atoms with Crippen LogP contribution in [0, 0.1) is 0 Å². The zero-order chi connectivity index (χ0) is 22.4. The maximum atomic E-state index is 12.5. The SMILES string of the molecule is O=C(O)Cc1csc(NC(=O)c2ccc(NCc3ccccc3OC(F)(F)F)cc2)n1. The number of hydrogen-bond donors (Lipinski definition) is 3. The van der Waals surface area contributed by atoms with Gasteiger partial charge in [-0.1, -0.05) is 18.2 Å². The maximum Gasteiger partial charge on any atom is 0.573 e. The molecule has 162 valence electrons. The summed E-state index contributed by atoms with van der Waals surface area (Å²) in [6.45, 7) is 0.0866. The van der Waals surface area contributed by atoms with Crippen molar-refractivity contribution in [3.05, 3.63) is 70.7 Å². The first-order valence-electron chi connectivity index (χ1n) is 8.85. The number of aliphatic carboxylic acids is 1. The first-order chi connectivity index (χ1) is 14.7. The number of ether oxygens (including phenoxy) is 1. The fourth-order valence-corrected chi connectivity index (χ4v) is 3.29. The summed E-state index contributed by atoms with van der Waals surface area (Å²) in [5, 5.41) is 16.2. The summed E-state index contributed by atoms with van der Waals surface area (Å²) in [6, 6.07) is 12.1. The molecule has 3 N–H and O–H groups in total. The maximum absolute atomic E-state index is 12.5. The molecule has 2 aromatic carbocycles. The highest BCUT2D eigenvalue weighted by molar-refractivity contribution is 7.14. The lowest BCUT2D eigenvalue weighted by Gasteiger charge is -2.14. The molecule has 0 bridgehead atoms. The van der Waals surface area contributed by atoms with E-state index in [0.29, 0.717) is 22.5 Å². The van der Waals surface area contributed by atoms with Gasteiger partial charge in [0.05, 0.1) is 12.1 Å². The number of para-hydroxylation sites is 1. The summed E-state index contributed by atoms with van der Waals surface area (Å²) in [6.07, 6.45) is -5.01. The van der Waals surface area contributed by atoms with E-state index in [0.717, 1.165) is 11.3 Å². The van der Waals surface area contributed by atoms with Gasteiger partial charge in [0, 0.05) is 28.7 Å². The summed E-state index contributed by atoms with van der Waals surface area (Å²) >= 11 is 1.12. The van der Waals surface area contributed by atoms with Crippen molar-refractivity contribution in [1.29, 1.82) is 0 Å². The van der Waals surface area contributed by atoms with E-state index in [1.54, 1.807) is 35.7 Å². The van der Waals surface area contributed by atoms with E-state index in [4.69, 9.17) is 5.11 Å². The monoisotopic (exact) mass is 451 g/mol. The van der Waals surface area contributed by atoms with Gasteiger partial charge in [0.25, 0.3) is 5.91 Å². The molecule has 0 unspecified atom stereocenters. The highest BCUT2D eigenvalue weighted by atomic mass is 32.1. The number of aromatic nitrogens is 1. The van der Waals surface area contributed by atoms with Gasteiger partial charge in [-0.15, -0.1) is 24.5 Å². The summed E-state index contributed by atoms with van der Waals surface area (Å²) in [7, 11) is 0. The molecule has 31 heavy (non-hydrogen) atoms. The number of alkyl halides is 3. The Kier molecular flexibility index (Phi) is 6.75. The van der Waals surface area contributed by atoms with Crippen LogP contribution in [0.25, 0.3) is 0 Å². The van der Waals surface area contributed by atoms with Gasteiger partial charge in [-0.2, -0.15) is 0 Å². The minimum Gasteiger partial charge on any atom is -0.481 e. The van der Waals surface area contributed by atoms with Gasteiger partial charge in [-0.25, -0.2) is 4.98 Å². The third-order valence-corrected chi connectivity index (χ3v) is 4.74. The fourth-order valence-electron chi connectivity index (χ4n) is 2.58. The van der Waals surface area contributed by atoms with Gasteiger partial charge in [0.15, 0.2) is 5.13 Å². The molecule has 0 fully saturated rings. The van der Waals surface area contributed by atoms with E-state index in [-0.39, 0.29) is 23.8 Å². The van der Waals surface area contributed by atoms with Gasteiger partial charge >= 0.3 is 12.3 Å². The van der Waals surface area contributed by atoms with Crippen molar-refractivity contribution < 1.29 is 32.6 Å². The van der Waals surface area contributed by atoms with E-state index in [1.165, 1.54) is 18.2 Å². The normalized spacial score (nSPS) is 11.1. The molecule has 11 heteroatoms. The smallest absolute Gasteiger partial charge is 0.481 e. The van der Waals surface area contributed by atoms with E-state index in [2.05, 4.69) is 20.4 Å². The van der Waals surface area contributed by atoms with Crippen LogP contribution < -0.4 is 15.4 Å². The third-order valence-electron chi connectivity index (χ3n) is 3.93. The Labute approximate surface area is 178 Å². The molecule has 0 aliphatic heterocycles. The highest BCUT2D eigenvalue weighted by Gasteiger charge is 2.31. The molecule has 0 aliphatic carbocycles. The van der Waals surface area contributed by atoms with Gasteiger partial charge in [0.1, 0.15) is 5.75 Å². The van der Waals surface area contributed by atoms with Gasteiger partial charge in [0.2, 0.25) is 0 Å². The summed E-state index contributed by atoms with van der Waals surface area (Å²) in [4.78, 5) is 27.0. The molecule has 7 nitrogen and oxygen atoms in total. The topological polar surface area (TPSA) is 101 Å². The number of nitrogens with zero attached hydrogens (tertiary/aromatic N) is 1. The van der Waals surface area contributed by atoms with Crippen LogP contribution in [0.4, 0.5) is 24.0 Å². The lowest BCUT2D eigenvalue weighted by atomic mass is 10.1. The largest absolute Gasteiger partial charge is 0.573 e. The molecular weight excluding hydrogens is 435 g/mol. The molecule has 0 radical (unpaired) electrons. The Morgan fingerprint density at radius 1 is 1.10 bits per heavy atom. The molecule has 0 atom stereocenters. The van der Waals surface area contributed by atoms with E-state index in [1.807, 2.05) is 0 Å². The number of carboxylic acids is 1. The van der Waals surface area contributed by atoms with Crippen molar-refractivity contribution in [1.82, 2.24) is 4.98 Å². The molecule has 0 saturated heterocycles. The zero-order valence-electron chi connectivity index (χ0n) is 15.8. The van der Waals surface area contributed by atoms with Crippen LogP contribution in [0.5, 0.6) is 5.75 Å². The van der Waals surface area contributed by atoms with Crippen LogP contribution in [0.1, 0.15) is 21.6 Å². The number of rotatable bonds is 8. The number of carbonyl (C=O) groups is 2. The number of benzene rings is 2. The number of halogens is 3. The number of hydrogen-bond acceptors (Lipinski definition) is 6. The molecule has 0 spiro atoms. The van der Waals surface area contributed by atoms with E-state index in [9.17, 15) is 22.8 Å². The van der Waals surface area contributed by atoms with Crippen molar-refractivity contribution in [2.24, 2.45) is 0 Å². The Hall–Kier alpha value is -3.60. The van der Waals surface area contributed by atoms with Crippen LogP contribution in [-0.2, 0) is 17.8 Å². The van der Waals surface area contributed by atoms with E-state index < -0.39 is 18.2 Å². The minimum atomic E-state index is -4.78. The number of thiazole rings is 1. The molecule has 1 aromatic heterocycles. The highest BCUT2D eigenvalue weighted by Crippen LogP contribution is 2.27. The molecule has 1 heterocycles. The lowest BCUT2D eigenvalue weighted by molar-refractivity contribution is -0.274.